The monoisotopic (exact) mass is 824 g/mol. The third-order valence-corrected chi connectivity index (χ3v) is 5.80. The molecule has 270 valence electrons. The van der Waals surface area contributed by atoms with Gasteiger partial charge >= 0.3 is 21.1 Å². The molecule has 0 amide bonds. The molecule has 0 aromatic heterocycles. The molecule has 2 aromatic carbocycles. The second kappa shape index (κ2) is 33.4. The number of benzene rings is 2. The van der Waals surface area contributed by atoms with Gasteiger partial charge in [-0.3, -0.25) is 19.2 Å². The van der Waals surface area contributed by atoms with Crippen molar-refractivity contribution in [2.24, 2.45) is 21.7 Å². The average Bonchev–Trinajstić information content (AvgIpc) is 2.96. The van der Waals surface area contributed by atoms with E-state index in [0.717, 1.165) is 5.56 Å². The topological polar surface area (TPSA) is 68.3 Å². The van der Waals surface area contributed by atoms with Crippen molar-refractivity contribution in [3.63, 3.8) is 0 Å². The van der Waals surface area contributed by atoms with Crippen molar-refractivity contribution in [3.05, 3.63) is 78.9 Å². The van der Waals surface area contributed by atoms with Gasteiger partial charge in [-0.2, -0.15) is 12.1 Å². The minimum atomic E-state index is -0.139. The summed E-state index contributed by atoms with van der Waals surface area (Å²) in [5.74, 6) is 0.972. The first-order chi connectivity index (χ1) is 20.7. The number of ketones is 4. The van der Waals surface area contributed by atoms with E-state index in [-0.39, 0.29) is 65.9 Å². The Balaban J connectivity index is -0.0000000797. The Labute approximate surface area is 307 Å². The van der Waals surface area contributed by atoms with Gasteiger partial charge < -0.3 is 18.2 Å². The van der Waals surface area contributed by atoms with Crippen LogP contribution in [0, 0.1) is 34.3 Å². The molecular weight excluding hydrogens is 752 g/mol. The van der Waals surface area contributed by atoms with Crippen LogP contribution in [-0.4, -0.2) is 23.1 Å². The Morgan fingerprint density at radius 2 is 0.681 bits per heavy atom. The van der Waals surface area contributed by atoms with Crippen molar-refractivity contribution in [2.45, 2.75) is 138 Å². The Morgan fingerprint density at radius 1 is 0.489 bits per heavy atom. The van der Waals surface area contributed by atoms with E-state index >= 15 is 0 Å². The van der Waals surface area contributed by atoms with Crippen molar-refractivity contribution >= 4 is 29.2 Å². The average molecular weight is 825 g/mol. The van der Waals surface area contributed by atoms with E-state index in [0.29, 0.717) is 0 Å². The Kier molecular flexibility index (Phi) is 42.6. The summed E-state index contributed by atoms with van der Waals surface area (Å²) in [6, 6.07) is 22.5. The molecule has 0 unspecified atom stereocenters. The summed E-state index contributed by atoms with van der Waals surface area (Å²) in [5, 5.41) is 0. The molecule has 0 N–H and O–H groups in total. The van der Waals surface area contributed by atoms with Crippen LogP contribution in [0.5, 0.6) is 0 Å². The maximum atomic E-state index is 10.5. The molecule has 2 aromatic rings. The van der Waals surface area contributed by atoms with Gasteiger partial charge in [-0.15, -0.1) is 6.07 Å². The summed E-state index contributed by atoms with van der Waals surface area (Å²) in [6.45, 7) is 42.6. The first kappa shape index (κ1) is 59.9. The van der Waals surface area contributed by atoms with Crippen LogP contribution in [0.1, 0.15) is 144 Å². The molecule has 0 spiro atoms. The molecule has 0 bridgehead atoms. The third kappa shape index (κ3) is 53.3. The first-order valence-corrected chi connectivity index (χ1v) is 16.3. The van der Waals surface area contributed by atoms with Gasteiger partial charge in [0.2, 0.25) is 0 Å². The molecule has 0 aliphatic rings. The van der Waals surface area contributed by atoms with Gasteiger partial charge in [-0.1, -0.05) is 147 Å². The molecule has 2 rings (SSSR count). The molecular formula is C42H72O4W. The van der Waals surface area contributed by atoms with E-state index in [1.54, 1.807) is 27.7 Å². The fourth-order valence-corrected chi connectivity index (χ4v) is 0.896. The molecule has 0 heterocycles. The van der Waals surface area contributed by atoms with Gasteiger partial charge in [0, 0.05) is 21.7 Å². The third-order valence-electron chi connectivity index (χ3n) is 5.80. The van der Waals surface area contributed by atoms with Crippen LogP contribution in [0.15, 0.2) is 60.7 Å². The minimum absolute atomic E-state index is 0. The minimum Gasteiger partial charge on any atom is -0.344 e. The molecule has 0 aliphatic heterocycles. The van der Waals surface area contributed by atoms with Crippen LogP contribution in [0.3, 0.4) is 0 Å². The largest absolute Gasteiger partial charge is 2.00 e. The summed E-state index contributed by atoms with van der Waals surface area (Å²) in [6.07, 6.45) is 1.53. The molecule has 0 saturated heterocycles. The maximum Gasteiger partial charge on any atom is 2.00 e. The van der Waals surface area contributed by atoms with E-state index in [1.807, 2.05) is 171 Å². The molecule has 0 atom stereocenters. The van der Waals surface area contributed by atoms with Crippen molar-refractivity contribution < 1.29 is 40.2 Å². The van der Waals surface area contributed by atoms with Crippen molar-refractivity contribution in [2.75, 3.05) is 0 Å². The van der Waals surface area contributed by atoms with E-state index in [2.05, 4.69) is 6.07 Å². The first-order valence-electron chi connectivity index (χ1n) is 16.3. The van der Waals surface area contributed by atoms with Crippen molar-refractivity contribution in [1.82, 2.24) is 0 Å². The van der Waals surface area contributed by atoms with E-state index in [9.17, 15) is 19.2 Å². The number of hydrogen-bond acceptors (Lipinski definition) is 4. The predicted molar refractivity (Wildman–Crippen MR) is 204 cm³/mol. The van der Waals surface area contributed by atoms with Gasteiger partial charge in [-0.25, -0.2) is 12.1 Å². The quantitative estimate of drug-likeness (QED) is 0.269. The second-order valence-corrected chi connectivity index (χ2v) is 13.9. The van der Waals surface area contributed by atoms with Crippen LogP contribution in [0.2, 0.25) is 0 Å². The zero-order valence-corrected chi connectivity index (χ0v) is 36.9. The number of carbonyl (C=O) groups excluding carboxylic acids is 4. The summed E-state index contributed by atoms with van der Waals surface area (Å²) in [5.41, 5.74) is 0.382. The van der Waals surface area contributed by atoms with Gasteiger partial charge in [0.25, 0.3) is 0 Å². The van der Waals surface area contributed by atoms with Crippen LogP contribution in [0.25, 0.3) is 6.08 Å². The van der Waals surface area contributed by atoms with Crippen LogP contribution in [-0.2, 0) is 40.2 Å². The number of hydrogen-bond donors (Lipinski definition) is 0. The number of carbonyl (C=O) groups is 4. The van der Waals surface area contributed by atoms with E-state index in [4.69, 9.17) is 6.58 Å². The van der Waals surface area contributed by atoms with E-state index in [1.165, 1.54) is 6.08 Å². The number of rotatable bonds is 1. The van der Waals surface area contributed by atoms with Gasteiger partial charge in [0.15, 0.2) is 0 Å². The zero-order valence-electron chi connectivity index (χ0n) is 34.0. The molecule has 47 heavy (non-hydrogen) atoms. The summed E-state index contributed by atoms with van der Waals surface area (Å²) in [4.78, 5) is 41.9. The number of Topliss-reactive ketones (excluding diaryl/α,β-unsaturated/α-hetero) is 4. The molecule has 0 aliphatic carbocycles. The second-order valence-electron chi connectivity index (χ2n) is 13.9. The molecule has 5 heteroatoms. The van der Waals surface area contributed by atoms with Gasteiger partial charge in [-0.05, 0) is 27.7 Å². The predicted octanol–water partition coefficient (Wildman–Crippen LogP) is 12.2. The fraction of sp³-hybridized carbons (Fsp3) is 0.571. The zero-order chi connectivity index (χ0) is 38.4. The van der Waals surface area contributed by atoms with Crippen LogP contribution < -0.4 is 0 Å². The Hall–Kier alpha value is -2.45. The smallest absolute Gasteiger partial charge is 0.344 e. The van der Waals surface area contributed by atoms with Crippen LogP contribution in [0.4, 0.5) is 0 Å². The van der Waals surface area contributed by atoms with E-state index < -0.39 is 0 Å². The fourth-order valence-electron chi connectivity index (χ4n) is 0.896. The van der Waals surface area contributed by atoms with Crippen LogP contribution >= 0.6 is 0 Å². The molecule has 0 radical (unpaired) electrons. The molecule has 4 nitrogen and oxygen atoms in total. The standard InChI is InChI=1S/C8H6.4C6H12O.C6H6.2C2H6.W/c1-2-8-6-4-3-5-7-8;4*1-5(7)6(2,3)4;1-2-4-6-5-3-1;2*1-2;/h1-6H;4*1-4H3;1-6H;2*1-2H3;/q-2;;;;;;;;+2. The van der Waals surface area contributed by atoms with Gasteiger partial charge in [0.1, 0.15) is 23.1 Å². The Morgan fingerprint density at radius 3 is 0.766 bits per heavy atom. The summed E-state index contributed by atoms with van der Waals surface area (Å²) in [7, 11) is 0. The Bertz CT molecular complexity index is 890. The summed E-state index contributed by atoms with van der Waals surface area (Å²) < 4.78 is 0. The maximum absolute atomic E-state index is 10.5. The molecule has 0 fully saturated rings. The van der Waals surface area contributed by atoms with Crippen molar-refractivity contribution in [3.8, 4) is 0 Å². The summed E-state index contributed by atoms with van der Waals surface area (Å²) >= 11 is 0. The normalized spacial score (nSPS) is 9.53. The van der Waals surface area contributed by atoms with Crippen molar-refractivity contribution in [1.29, 1.82) is 0 Å². The SMILES string of the molecule is CC.CC.CC(=O)C(C)(C)C.CC(=O)C(C)(C)C.CC(=O)C(C)(C)C.CC(=O)C(C)(C)C.[CH-]=Cc1[c-]cccc1.[W+2].c1ccccc1. The molecule has 0 saturated carbocycles. The van der Waals surface area contributed by atoms with Gasteiger partial charge in [0.05, 0.1) is 0 Å².